The number of halogens is 3. The van der Waals surface area contributed by atoms with Gasteiger partial charge in [0.2, 0.25) is 0 Å². The summed E-state index contributed by atoms with van der Waals surface area (Å²) < 4.78 is 37.4. The zero-order valence-corrected chi connectivity index (χ0v) is 8.96. The number of benzene rings is 1. The summed E-state index contributed by atoms with van der Waals surface area (Å²) in [5.74, 6) is -0.642. The van der Waals surface area contributed by atoms with Crippen molar-refractivity contribution >= 4 is 11.5 Å². The summed E-state index contributed by atoms with van der Waals surface area (Å²) in [5.41, 5.74) is -2.24. The highest BCUT2D eigenvalue weighted by Gasteiger charge is 2.34. The Balaban J connectivity index is 3.59. The molecule has 0 unspecified atom stereocenters. The van der Waals surface area contributed by atoms with Crippen LogP contribution in [-0.4, -0.2) is 10.7 Å². The first-order valence-electron chi connectivity index (χ1n) is 4.51. The molecule has 0 spiro atoms. The van der Waals surface area contributed by atoms with Gasteiger partial charge in [0.05, 0.1) is 10.5 Å². The maximum absolute atomic E-state index is 12.5. The van der Waals surface area contributed by atoms with Crippen LogP contribution in [0.4, 0.5) is 18.9 Å². The van der Waals surface area contributed by atoms with E-state index < -0.39 is 28.1 Å². The van der Waals surface area contributed by atoms with Crippen molar-refractivity contribution in [3.05, 3.63) is 38.9 Å². The number of nitrogens with zero attached hydrogens (tertiary/aromatic N) is 1. The fourth-order valence-electron chi connectivity index (χ4n) is 1.42. The molecule has 0 aliphatic carbocycles. The normalized spacial score (nSPS) is 11.4. The molecule has 0 atom stereocenters. The maximum atomic E-state index is 12.5. The van der Waals surface area contributed by atoms with Crippen molar-refractivity contribution in [1.29, 1.82) is 0 Å². The quantitative estimate of drug-likeness (QED) is 0.458. The third-order valence-electron chi connectivity index (χ3n) is 2.28. The van der Waals surface area contributed by atoms with E-state index >= 15 is 0 Å². The second kappa shape index (κ2) is 4.15. The van der Waals surface area contributed by atoms with Gasteiger partial charge in [-0.2, -0.15) is 13.2 Å². The fraction of sp³-hybridized carbons (Fsp3) is 0.300. The molecule has 0 radical (unpaired) electrons. The number of carbonyl (C=O) groups is 1. The molecule has 1 aromatic rings. The number of carbonyl (C=O) groups excluding carboxylic acids is 1. The van der Waals surface area contributed by atoms with E-state index in [2.05, 4.69) is 0 Å². The van der Waals surface area contributed by atoms with Gasteiger partial charge < -0.3 is 0 Å². The van der Waals surface area contributed by atoms with Gasteiger partial charge in [-0.25, -0.2) is 0 Å². The van der Waals surface area contributed by atoms with Gasteiger partial charge in [0.15, 0.2) is 5.78 Å². The first kappa shape index (κ1) is 13.1. The largest absolute Gasteiger partial charge is 0.416 e. The second-order valence-corrected chi connectivity index (χ2v) is 3.48. The van der Waals surface area contributed by atoms with Gasteiger partial charge in [-0.3, -0.25) is 14.9 Å². The third kappa shape index (κ3) is 2.61. The van der Waals surface area contributed by atoms with Gasteiger partial charge in [-0.15, -0.1) is 0 Å². The molecule has 0 heterocycles. The molecule has 1 rings (SSSR count). The Bertz CT molecular complexity index is 459. The van der Waals surface area contributed by atoms with Gasteiger partial charge in [-0.1, -0.05) is 0 Å². The minimum absolute atomic E-state index is 0.0597. The van der Waals surface area contributed by atoms with E-state index in [1.165, 1.54) is 6.92 Å². The Kier molecular flexibility index (Phi) is 3.21. The molecule has 0 bridgehead atoms. The lowest BCUT2D eigenvalue weighted by molar-refractivity contribution is -0.385. The highest BCUT2D eigenvalue weighted by atomic mass is 19.4. The summed E-state index contributed by atoms with van der Waals surface area (Å²) in [6.45, 7) is 2.31. The first-order valence-corrected chi connectivity index (χ1v) is 4.51. The van der Waals surface area contributed by atoms with E-state index in [1.54, 1.807) is 0 Å². The molecule has 92 valence electrons. The average molecular weight is 247 g/mol. The maximum Gasteiger partial charge on any atom is 0.416 e. The first-order chi connectivity index (χ1) is 7.64. The summed E-state index contributed by atoms with van der Waals surface area (Å²) in [6, 6.07) is 1.06. The number of rotatable bonds is 2. The van der Waals surface area contributed by atoms with E-state index in [0.717, 1.165) is 6.92 Å². The predicted octanol–water partition coefficient (Wildman–Crippen LogP) is 3.12. The number of alkyl halides is 3. The van der Waals surface area contributed by atoms with E-state index in [4.69, 9.17) is 0 Å². The molecule has 1 aromatic carbocycles. The lowest BCUT2D eigenvalue weighted by Gasteiger charge is -2.10. The monoisotopic (exact) mass is 247 g/mol. The Morgan fingerprint density at radius 3 is 2.24 bits per heavy atom. The van der Waals surface area contributed by atoms with E-state index in [0.29, 0.717) is 12.1 Å². The average Bonchev–Trinajstić information content (AvgIpc) is 2.14. The summed E-state index contributed by atoms with van der Waals surface area (Å²) >= 11 is 0. The van der Waals surface area contributed by atoms with Crippen molar-refractivity contribution in [2.45, 2.75) is 20.0 Å². The van der Waals surface area contributed by atoms with Crippen LogP contribution in [0.5, 0.6) is 0 Å². The van der Waals surface area contributed by atoms with Gasteiger partial charge in [-0.05, 0) is 19.9 Å². The molecule has 17 heavy (non-hydrogen) atoms. The molecule has 0 aliphatic rings. The van der Waals surface area contributed by atoms with Gasteiger partial charge in [0.25, 0.3) is 5.69 Å². The van der Waals surface area contributed by atoms with Crippen LogP contribution in [-0.2, 0) is 6.18 Å². The zero-order valence-electron chi connectivity index (χ0n) is 8.96. The van der Waals surface area contributed by atoms with Gasteiger partial charge >= 0.3 is 6.18 Å². The molecule has 7 heteroatoms. The van der Waals surface area contributed by atoms with E-state index in [-0.39, 0.29) is 11.1 Å². The van der Waals surface area contributed by atoms with Crippen LogP contribution < -0.4 is 0 Å². The number of hydrogen-bond acceptors (Lipinski definition) is 3. The molecule has 0 fully saturated rings. The molecule has 0 amide bonds. The SMILES string of the molecule is CC(=O)c1cc(C(F)(F)F)cc([N+](=O)[O-])c1C. The molecule has 0 aliphatic heterocycles. The molecule has 0 aromatic heterocycles. The standard InChI is InChI=1S/C10H8F3NO3/c1-5-8(6(2)15)3-7(10(11,12)13)4-9(5)14(16)17/h3-4H,1-2H3. The summed E-state index contributed by atoms with van der Waals surface area (Å²) in [4.78, 5) is 20.8. The van der Waals surface area contributed by atoms with Crippen molar-refractivity contribution in [2.75, 3.05) is 0 Å². The number of hydrogen-bond donors (Lipinski definition) is 0. The Morgan fingerprint density at radius 1 is 1.35 bits per heavy atom. The zero-order chi connectivity index (χ0) is 13.4. The van der Waals surface area contributed by atoms with Gasteiger partial charge in [0, 0.05) is 17.2 Å². The Morgan fingerprint density at radius 2 is 1.88 bits per heavy atom. The lowest BCUT2D eigenvalue weighted by atomic mass is 10.00. The van der Waals surface area contributed by atoms with Crippen molar-refractivity contribution in [1.82, 2.24) is 0 Å². The highest BCUT2D eigenvalue weighted by Crippen LogP contribution is 2.34. The van der Waals surface area contributed by atoms with Crippen molar-refractivity contribution in [3.63, 3.8) is 0 Å². The van der Waals surface area contributed by atoms with Crippen LogP contribution in [0.25, 0.3) is 0 Å². The molecular formula is C10H8F3NO3. The highest BCUT2D eigenvalue weighted by molar-refractivity contribution is 5.96. The van der Waals surface area contributed by atoms with Crippen LogP contribution >= 0.6 is 0 Å². The predicted molar refractivity (Wildman–Crippen MR) is 52.8 cm³/mol. The van der Waals surface area contributed by atoms with Crippen LogP contribution in [0.2, 0.25) is 0 Å². The summed E-state index contributed by atoms with van der Waals surface area (Å²) in [6.07, 6.45) is -4.72. The van der Waals surface area contributed by atoms with Crippen LogP contribution in [0.15, 0.2) is 12.1 Å². The minimum atomic E-state index is -4.72. The van der Waals surface area contributed by atoms with Crippen LogP contribution in [0.1, 0.15) is 28.4 Å². The molecule has 0 saturated heterocycles. The van der Waals surface area contributed by atoms with E-state index in [9.17, 15) is 28.1 Å². The summed E-state index contributed by atoms with van der Waals surface area (Å²) in [5, 5.41) is 10.6. The number of nitro groups is 1. The molecule has 4 nitrogen and oxygen atoms in total. The summed E-state index contributed by atoms with van der Waals surface area (Å²) in [7, 11) is 0. The van der Waals surface area contributed by atoms with Crippen LogP contribution in [0.3, 0.4) is 0 Å². The van der Waals surface area contributed by atoms with E-state index in [1.807, 2.05) is 0 Å². The fourth-order valence-corrected chi connectivity index (χ4v) is 1.42. The number of Topliss-reactive ketones (excluding diaryl/α,β-unsaturated/α-hetero) is 1. The second-order valence-electron chi connectivity index (χ2n) is 3.48. The van der Waals surface area contributed by atoms with Gasteiger partial charge in [0.1, 0.15) is 0 Å². The smallest absolute Gasteiger partial charge is 0.294 e. The van der Waals surface area contributed by atoms with Crippen molar-refractivity contribution in [3.8, 4) is 0 Å². The van der Waals surface area contributed by atoms with Crippen LogP contribution in [0, 0.1) is 17.0 Å². The topological polar surface area (TPSA) is 60.2 Å². The number of nitro benzene ring substituents is 1. The third-order valence-corrected chi connectivity index (χ3v) is 2.28. The Hall–Kier alpha value is -1.92. The molecule has 0 saturated carbocycles. The lowest BCUT2D eigenvalue weighted by Crippen LogP contribution is -2.10. The van der Waals surface area contributed by atoms with Crippen molar-refractivity contribution < 1.29 is 22.9 Å². The number of ketones is 1. The molecule has 0 N–H and O–H groups in total. The Labute approximate surface area is 94.2 Å². The minimum Gasteiger partial charge on any atom is -0.294 e. The van der Waals surface area contributed by atoms with Crippen molar-refractivity contribution in [2.24, 2.45) is 0 Å². The molecular weight excluding hydrogens is 239 g/mol.